The Morgan fingerprint density at radius 3 is 2.43 bits per heavy atom. The molecule has 1 aliphatic heterocycles. The van der Waals surface area contributed by atoms with Gasteiger partial charge in [0.05, 0.1) is 5.60 Å². The molecule has 1 atom stereocenters. The second-order valence-electron chi connectivity index (χ2n) is 5.59. The van der Waals surface area contributed by atoms with Crippen LogP contribution in [0, 0.1) is 11.3 Å². The van der Waals surface area contributed by atoms with E-state index in [-0.39, 0.29) is 5.60 Å². The monoisotopic (exact) mass is 199 g/mol. The highest BCUT2D eigenvalue weighted by Crippen LogP contribution is 2.46. The minimum absolute atomic E-state index is 0.0394. The molecule has 2 heteroatoms. The Morgan fingerprint density at radius 2 is 2.00 bits per heavy atom. The average molecular weight is 199 g/mol. The molecule has 2 nitrogen and oxygen atoms in total. The molecule has 1 fully saturated rings. The molecule has 1 heterocycles. The number of rotatable bonds is 3. The van der Waals surface area contributed by atoms with Crippen molar-refractivity contribution in [1.82, 2.24) is 0 Å². The van der Waals surface area contributed by atoms with E-state index in [2.05, 4.69) is 27.7 Å². The molecule has 0 bridgehead atoms. The molecule has 1 unspecified atom stereocenters. The topological polar surface area (TPSA) is 35.2 Å². The minimum Gasteiger partial charge on any atom is -0.376 e. The number of hydrogen-bond donors (Lipinski definition) is 1. The molecule has 0 aromatic carbocycles. The molecule has 0 radical (unpaired) electrons. The van der Waals surface area contributed by atoms with Crippen LogP contribution in [0.3, 0.4) is 0 Å². The molecular formula is C12H25NO. The van der Waals surface area contributed by atoms with Crippen LogP contribution in [0.15, 0.2) is 0 Å². The fourth-order valence-corrected chi connectivity index (χ4v) is 2.80. The van der Waals surface area contributed by atoms with E-state index in [1.165, 1.54) is 6.42 Å². The summed E-state index contributed by atoms with van der Waals surface area (Å²) in [5.74, 6) is 0.703. The first-order chi connectivity index (χ1) is 6.42. The van der Waals surface area contributed by atoms with E-state index in [0.29, 0.717) is 11.3 Å². The lowest BCUT2D eigenvalue weighted by Crippen LogP contribution is -2.45. The van der Waals surface area contributed by atoms with E-state index in [9.17, 15) is 0 Å². The van der Waals surface area contributed by atoms with E-state index in [0.717, 1.165) is 26.0 Å². The molecule has 1 aliphatic rings. The van der Waals surface area contributed by atoms with Gasteiger partial charge >= 0.3 is 0 Å². The van der Waals surface area contributed by atoms with E-state index in [4.69, 9.17) is 10.5 Å². The number of hydrogen-bond acceptors (Lipinski definition) is 2. The summed E-state index contributed by atoms with van der Waals surface area (Å²) >= 11 is 0. The Bertz CT molecular complexity index is 185. The van der Waals surface area contributed by atoms with Gasteiger partial charge in [0.2, 0.25) is 0 Å². The summed E-state index contributed by atoms with van der Waals surface area (Å²) in [6.45, 7) is 10.7. The summed E-state index contributed by atoms with van der Waals surface area (Å²) in [5, 5.41) is 0. The quantitative estimate of drug-likeness (QED) is 0.758. The summed E-state index contributed by atoms with van der Waals surface area (Å²) in [6, 6.07) is 0. The van der Waals surface area contributed by atoms with Crippen LogP contribution in [-0.4, -0.2) is 18.8 Å². The minimum atomic E-state index is 0.0394. The van der Waals surface area contributed by atoms with Crippen LogP contribution in [0.25, 0.3) is 0 Å². The zero-order chi connectivity index (χ0) is 10.8. The van der Waals surface area contributed by atoms with Crippen molar-refractivity contribution in [3.63, 3.8) is 0 Å². The van der Waals surface area contributed by atoms with E-state index >= 15 is 0 Å². The Kier molecular flexibility index (Phi) is 3.59. The van der Waals surface area contributed by atoms with Gasteiger partial charge in [0, 0.05) is 6.61 Å². The molecule has 0 aromatic rings. The van der Waals surface area contributed by atoms with Crippen LogP contribution >= 0.6 is 0 Å². The smallest absolute Gasteiger partial charge is 0.0631 e. The molecule has 2 N–H and O–H groups in total. The summed E-state index contributed by atoms with van der Waals surface area (Å²) < 4.78 is 5.78. The molecule has 0 saturated carbocycles. The van der Waals surface area contributed by atoms with Crippen molar-refractivity contribution in [2.75, 3.05) is 13.2 Å². The maximum atomic E-state index is 5.78. The standard InChI is InChI=1S/C12H25NO/c1-10(2)12(5-7-13)6-8-14-11(3,4)9-12/h10H,5-9,13H2,1-4H3. The maximum absolute atomic E-state index is 5.78. The molecule has 1 rings (SSSR count). The van der Waals surface area contributed by atoms with Gasteiger partial charge in [0.25, 0.3) is 0 Å². The molecule has 0 spiro atoms. The van der Waals surface area contributed by atoms with Crippen LogP contribution in [0.2, 0.25) is 0 Å². The van der Waals surface area contributed by atoms with Gasteiger partial charge in [0.1, 0.15) is 0 Å². The van der Waals surface area contributed by atoms with Crippen molar-refractivity contribution in [1.29, 1.82) is 0 Å². The molecule has 0 aliphatic carbocycles. The van der Waals surface area contributed by atoms with Crippen LogP contribution in [0.4, 0.5) is 0 Å². The fraction of sp³-hybridized carbons (Fsp3) is 1.00. The predicted octanol–water partition coefficient (Wildman–Crippen LogP) is 2.57. The van der Waals surface area contributed by atoms with Crippen LogP contribution < -0.4 is 5.73 Å². The Balaban J connectivity index is 2.76. The third-order valence-electron chi connectivity index (χ3n) is 3.74. The first-order valence-electron chi connectivity index (χ1n) is 5.76. The molecule has 1 saturated heterocycles. The van der Waals surface area contributed by atoms with Crippen LogP contribution in [-0.2, 0) is 4.74 Å². The molecule has 0 amide bonds. The highest BCUT2D eigenvalue weighted by molar-refractivity contribution is 4.92. The van der Waals surface area contributed by atoms with E-state index in [1.54, 1.807) is 0 Å². The van der Waals surface area contributed by atoms with Crippen LogP contribution in [0.5, 0.6) is 0 Å². The predicted molar refractivity (Wildman–Crippen MR) is 60.2 cm³/mol. The van der Waals surface area contributed by atoms with Crippen molar-refractivity contribution in [2.24, 2.45) is 17.1 Å². The van der Waals surface area contributed by atoms with Gasteiger partial charge in [-0.15, -0.1) is 0 Å². The fourth-order valence-electron chi connectivity index (χ4n) is 2.80. The highest BCUT2D eigenvalue weighted by Gasteiger charge is 2.42. The maximum Gasteiger partial charge on any atom is 0.0631 e. The van der Waals surface area contributed by atoms with Crippen molar-refractivity contribution < 1.29 is 4.74 Å². The average Bonchev–Trinajstić information content (AvgIpc) is 2.02. The Morgan fingerprint density at radius 1 is 1.36 bits per heavy atom. The Labute approximate surface area is 88.2 Å². The first kappa shape index (κ1) is 12.0. The van der Waals surface area contributed by atoms with Gasteiger partial charge in [-0.05, 0) is 51.0 Å². The summed E-state index contributed by atoms with van der Waals surface area (Å²) in [4.78, 5) is 0. The highest BCUT2D eigenvalue weighted by atomic mass is 16.5. The summed E-state index contributed by atoms with van der Waals surface area (Å²) in [7, 11) is 0. The lowest BCUT2D eigenvalue weighted by Gasteiger charge is -2.47. The molecular weight excluding hydrogens is 174 g/mol. The van der Waals surface area contributed by atoms with Gasteiger partial charge in [-0.3, -0.25) is 0 Å². The third-order valence-corrected chi connectivity index (χ3v) is 3.74. The third kappa shape index (κ3) is 2.48. The van der Waals surface area contributed by atoms with E-state index in [1.807, 2.05) is 0 Å². The molecule has 14 heavy (non-hydrogen) atoms. The van der Waals surface area contributed by atoms with Gasteiger partial charge in [0.15, 0.2) is 0 Å². The lowest BCUT2D eigenvalue weighted by atomic mass is 9.65. The second kappa shape index (κ2) is 4.19. The normalized spacial score (nSPS) is 32.1. The van der Waals surface area contributed by atoms with Crippen molar-refractivity contribution in [3.8, 4) is 0 Å². The number of ether oxygens (including phenoxy) is 1. The first-order valence-corrected chi connectivity index (χ1v) is 5.76. The zero-order valence-electron chi connectivity index (χ0n) is 10.1. The largest absolute Gasteiger partial charge is 0.376 e. The van der Waals surface area contributed by atoms with Gasteiger partial charge in [-0.1, -0.05) is 13.8 Å². The molecule has 0 aromatic heterocycles. The van der Waals surface area contributed by atoms with Gasteiger partial charge in [-0.2, -0.15) is 0 Å². The van der Waals surface area contributed by atoms with Gasteiger partial charge in [-0.25, -0.2) is 0 Å². The second-order valence-corrected chi connectivity index (χ2v) is 5.59. The number of nitrogens with two attached hydrogens (primary N) is 1. The summed E-state index contributed by atoms with van der Waals surface area (Å²) in [6.07, 6.45) is 3.46. The van der Waals surface area contributed by atoms with Gasteiger partial charge < -0.3 is 10.5 Å². The lowest BCUT2D eigenvalue weighted by molar-refractivity contribution is -0.120. The van der Waals surface area contributed by atoms with Crippen molar-refractivity contribution in [3.05, 3.63) is 0 Å². The molecule has 84 valence electrons. The van der Waals surface area contributed by atoms with Crippen molar-refractivity contribution in [2.45, 2.75) is 52.6 Å². The zero-order valence-corrected chi connectivity index (χ0v) is 10.1. The SMILES string of the molecule is CC(C)C1(CCN)CCOC(C)(C)C1. The van der Waals surface area contributed by atoms with Crippen molar-refractivity contribution >= 4 is 0 Å². The summed E-state index contributed by atoms with van der Waals surface area (Å²) in [5.41, 5.74) is 6.18. The van der Waals surface area contributed by atoms with E-state index < -0.39 is 0 Å². The Hall–Kier alpha value is -0.0800. The van der Waals surface area contributed by atoms with Crippen LogP contribution in [0.1, 0.15) is 47.0 Å².